The lowest BCUT2D eigenvalue weighted by Crippen LogP contribution is -1.97. The highest BCUT2D eigenvalue weighted by atomic mass is 35.5. The van der Waals surface area contributed by atoms with Gasteiger partial charge < -0.3 is 5.73 Å². The summed E-state index contributed by atoms with van der Waals surface area (Å²) in [6.45, 7) is 0.559. The molecule has 0 aromatic heterocycles. The Labute approximate surface area is 105 Å². The molecule has 2 aromatic rings. The molecule has 2 rings (SSSR count). The summed E-state index contributed by atoms with van der Waals surface area (Å²) in [5.74, 6) is 0. The summed E-state index contributed by atoms with van der Waals surface area (Å²) in [5.41, 5.74) is 6.85. The van der Waals surface area contributed by atoms with Crippen molar-refractivity contribution >= 4 is 23.4 Å². The maximum absolute atomic E-state index is 5.95. The highest BCUT2D eigenvalue weighted by Crippen LogP contribution is 2.31. The fraction of sp³-hybridized carbons (Fsp3) is 0.0769. The summed E-state index contributed by atoms with van der Waals surface area (Å²) in [5, 5.41) is 0.759. The van der Waals surface area contributed by atoms with E-state index in [1.54, 1.807) is 11.8 Å². The molecule has 0 heterocycles. The van der Waals surface area contributed by atoms with Crippen molar-refractivity contribution < 1.29 is 0 Å². The molecule has 82 valence electrons. The van der Waals surface area contributed by atoms with E-state index in [-0.39, 0.29) is 0 Å². The highest BCUT2D eigenvalue weighted by Gasteiger charge is 2.02. The zero-order valence-corrected chi connectivity index (χ0v) is 10.3. The zero-order chi connectivity index (χ0) is 11.4. The Hall–Kier alpha value is -0.960. The molecule has 0 saturated carbocycles. The lowest BCUT2D eigenvalue weighted by Gasteiger charge is -2.06. The van der Waals surface area contributed by atoms with Gasteiger partial charge in [0.25, 0.3) is 0 Å². The van der Waals surface area contributed by atoms with Crippen LogP contribution in [0.4, 0.5) is 0 Å². The Kier molecular flexibility index (Phi) is 3.88. The second-order valence-electron chi connectivity index (χ2n) is 3.37. The Morgan fingerprint density at radius 3 is 2.62 bits per heavy atom. The minimum Gasteiger partial charge on any atom is -0.326 e. The van der Waals surface area contributed by atoms with Gasteiger partial charge in [-0.1, -0.05) is 47.6 Å². The average Bonchev–Trinajstić information content (AvgIpc) is 2.30. The van der Waals surface area contributed by atoms with Crippen molar-refractivity contribution in [1.82, 2.24) is 0 Å². The van der Waals surface area contributed by atoms with E-state index in [0.717, 1.165) is 15.5 Å². The Balaban J connectivity index is 2.26. The van der Waals surface area contributed by atoms with Crippen LogP contribution >= 0.6 is 23.4 Å². The first-order valence-electron chi connectivity index (χ1n) is 5.01. The molecule has 0 aliphatic carbocycles. The fourth-order valence-electron chi connectivity index (χ4n) is 1.43. The van der Waals surface area contributed by atoms with Crippen molar-refractivity contribution in [3.05, 3.63) is 59.1 Å². The van der Waals surface area contributed by atoms with Crippen LogP contribution in [0.2, 0.25) is 5.02 Å². The van der Waals surface area contributed by atoms with Crippen molar-refractivity contribution in [2.75, 3.05) is 0 Å². The van der Waals surface area contributed by atoms with Gasteiger partial charge in [0.15, 0.2) is 0 Å². The van der Waals surface area contributed by atoms with Crippen molar-refractivity contribution in [2.24, 2.45) is 5.73 Å². The van der Waals surface area contributed by atoms with Crippen LogP contribution in [0.15, 0.2) is 58.3 Å². The van der Waals surface area contributed by atoms with Gasteiger partial charge in [-0.2, -0.15) is 0 Å². The average molecular weight is 250 g/mol. The van der Waals surface area contributed by atoms with Crippen LogP contribution in [0, 0.1) is 0 Å². The van der Waals surface area contributed by atoms with Gasteiger partial charge in [0.1, 0.15) is 0 Å². The molecule has 1 nitrogen and oxygen atoms in total. The van der Waals surface area contributed by atoms with Gasteiger partial charge in [-0.25, -0.2) is 0 Å². The second kappa shape index (κ2) is 5.39. The van der Waals surface area contributed by atoms with Crippen LogP contribution in [-0.2, 0) is 6.54 Å². The van der Waals surface area contributed by atoms with E-state index >= 15 is 0 Å². The molecule has 0 aliphatic rings. The van der Waals surface area contributed by atoms with Gasteiger partial charge in [-0.3, -0.25) is 0 Å². The predicted octanol–water partition coefficient (Wildman–Crippen LogP) is 3.95. The molecular weight excluding hydrogens is 238 g/mol. The molecular formula is C13H12ClNS. The van der Waals surface area contributed by atoms with Crippen LogP contribution in [0.5, 0.6) is 0 Å². The molecule has 16 heavy (non-hydrogen) atoms. The van der Waals surface area contributed by atoms with Gasteiger partial charge in [0, 0.05) is 21.4 Å². The third-order valence-corrected chi connectivity index (χ3v) is 3.56. The van der Waals surface area contributed by atoms with Gasteiger partial charge in [-0.05, 0) is 29.8 Å². The molecule has 2 aromatic carbocycles. The van der Waals surface area contributed by atoms with Crippen LogP contribution in [0.3, 0.4) is 0 Å². The smallest absolute Gasteiger partial charge is 0.0417 e. The molecule has 0 saturated heterocycles. The standard InChI is InChI=1S/C13H12ClNS/c14-11-5-3-6-12(8-11)16-13-7-2-1-4-10(13)9-15/h1-8H,9,15H2. The maximum Gasteiger partial charge on any atom is 0.0417 e. The van der Waals surface area contributed by atoms with E-state index < -0.39 is 0 Å². The molecule has 0 bridgehead atoms. The van der Waals surface area contributed by atoms with Crippen LogP contribution in [-0.4, -0.2) is 0 Å². The van der Waals surface area contributed by atoms with E-state index in [4.69, 9.17) is 17.3 Å². The lowest BCUT2D eigenvalue weighted by atomic mass is 10.2. The Morgan fingerprint density at radius 1 is 1.06 bits per heavy atom. The number of benzene rings is 2. The number of halogens is 1. The van der Waals surface area contributed by atoms with Gasteiger partial charge in [-0.15, -0.1) is 0 Å². The summed E-state index contributed by atoms with van der Waals surface area (Å²) in [4.78, 5) is 2.32. The molecule has 0 amide bonds. The minimum atomic E-state index is 0.559. The Bertz CT molecular complexity index is 485. The number of rotatable bonds is 3. The van der Waals surface area contributed by atoms with Gasteiger partial charge in [0.05, 0.1) is 0 Å². The summed E-state index contributed by atoms with van der Waals surface area (Å²) < 4.78 is 0. The third kappa shape index (κ3) is 2.79. The van der Waals surface area contributed by atoms with E-state index in [9.17, 15) is 0 Å². The largest absolute Gasteiger partial charge is 0.326 e. The Morgan fingerprint density at radius 2 is 1.88 bits per heavy atom. The van der Waals surface area contributed by atoms with E-state index in [2.05, 4.69) is 6.07 Å². The van der Waals surface area contributed by atoms with Crippen molar-refractivity contribution in [3.63, 3.8) is 0 Å². The number of hydrogen-bond acceptors (Lipinski definition) is 2. The lowest BCUT2D eigenvalue weighted by molar-refractivity contribution is 1.03. The summed E-state index contributed by atoms with van der Waals surface area (Å²) in [6, 6.07) is 16.0. The van der Waals surface area contributed by atoms with E-state index in [1.807, 2.05) is 42.5 Å². The first-order chi connectivity index (χ1) is 7.79. The first-order valence-corrected chi connectivity index (χ1v) is 6.20. The molecule has 0 aliphatic heterocycles. The van der Waals surface area contributed by atoms with E-state index in [1.165, 1.54) is 4.90 Å². The zero-order valence-electron chi connectivity index (χ0n) is 8.69. The monoisotopic (exact) mass is 249 g/mol. The van der Waals surface area contributed by atoms with Crippen LogP contribution in [0.1, 0.15) is 5.56 Å². The first kappa shape index (κ1) is 11.5. The van der Waals surface area contributed by atoms with Crippen molar-refractivity contribution in [3.8, 4) is 0 Å². The topological polar surface area (TPSA) is 26.0 Å². The quantitative estimate of drug-likeness (QED) is 0.892. The SMILES string of the molecule is NCc1ccccc1Sc1cccc(Cl)c1. The second-order valence-corrected chi connectivity index (χ2v) is 4.92. The number of nitrogens with two attached hydrogens (primary N) is 1. The normalized spacial score (nSPS) is 10.4. The minimum absolute atomic E-state index is 0.559. The van der Waals surface area contributed by atoms with Crippen LogP contribution < -0.4 is 5.73 Å². The highest BCUT2D eigenvalue weighted by molar-refractivity contribution is 7.99. The number of hydrogen-bond donors (Lipinski definition) is 1. The molecule has 0 atom stereocenters. The van der Waals surface area contributed by atoms with Crippen molar-refractivity contribution in [2.45, 2.75) is 16.3 Å². The summed E-state index contributed by atoms with van der Waals surface area (Å²) in [7, 11) is 0. The van der Waals surface area contributed by atoms with Crippen molar-refractivity contribution in [1.29, 1.82) is 0 Å². The van der Waals surface area contributed by atoms with Crippen LogP contribution in [0.25, 0.3) is 0 Å². The summed E-state index contributed by atoms with van der Waals surface area (Å²) >= 11 is 7.64. The predicted molar refractivity (Wildman–Crippen MR) is 69.9 cm³/mol. The van der Waals surface area contributed by atoms with Gasteiger partial charge in [0.2, 0.25) is 0 Å². The molecule has 0 radical (unpaired) electrons. The maximum atomic E-state index is 5.95. The van der Waals surface area contributed by atoms with Gasteiger partial charge >= 0.3 is 0 Å². The fourth-order valence-corrected chi connectivity index (χ4v) is 2.70. The molecule has 0 spiro atoms. The summed E-state index contributed by atoms with van der Waals surface area (Å²) in [6.07, 6.45) is 0. The molecule has 0 fully saturated rings. The molecule has 3 heteroatoms. The molecule has 0 unspecified atom stereocenters. The third-order valence-electron chi connectivity index (χ3n) is 2.22. The van der Waals surface area contributed by atoms with E-state index in [0.29, 0.717) is 6.54 Å². The molecule has 2 N–H and O–H groups in total.